The monoisotopic (exact) mass is 276 g/mol. The van der Waals surface area contributed by atoms with Gasteiger partial charge in [0.25, 0.3) is 12.1 Å². The van der Waals surface area contributed by atoms with Gasteiger partial charge in [0, 0.05) is 6.20 Å². The molecule has 0 fully saturated rings. The fourth-order valence-corrected chi connectivity index (χ4v) is 1.47. The number of hydrogen-bond acceptors (Lipinski definition) is 6. The van der Waals surface area contributed by atoms with Gasteiger partial charge < -0.3 is 9.47 Å². The Balaban J connectivity index is 3.48. The fourth-order valence-electron chi connectivity index (χ4n) is 1.47. The van der Waals surface area contributed by atoms with Crippen LogP contribution in [0.4, 0.5) is 14.5 Å². The Morgan fingerprint density at radius 1 is 1.53 bits per heavy atom. The van der Waals surface area contributed by atoms with Gasteiger partial charge in [0.05, 0.1) is 25.6 Å². The van der Waals surface area contributed by atoms with E-state index < -0.39 is 35.0 Å². The molecular formula is C10H10F2N2O5. The highest BCUT2D eigenvalue weighted by molar-refractivity contribution is 5.75. The van der Waals surface area contributed by atoms with Gasteiger partial charge in [-0.1, -0.05) is 0 Å². The molecule has 0 N–H and O–H groups in total. The molecule has 0 aliphatic rings. The van der Waals surface area contributed by atoms with E-state index in [0.717, 1.165) is 14.2 Å². The average Bonchev–Trinajstić information content (AvgIpc) is 2.37. The molecule has 0 amide bonds. The highest BCUT2D eigenvalue weighted by Gasteiger charge is 2.31. The summed E-state index contributed by atoms with van der Waals surface area (Å²) in [5, 5.41) is 10.9. The van der Waals surface area contributed by atoms with E-state index >= 15 is 0 Å². The first-order chi connectivity index (χ1) is 8.92. The molecule has 1 aromatic rings. The van der Waals surface area contributed by atoms with Crippen LogP contribution >= 0.6 is 0 Å². The van der Waals surface area contributed by atoms with Gasteiger partial charge in [-0.05, 0) is 0 Å². The molecule has 0 bridgehead atoms. The van der Waals surface area contributed by atoms with Crippen molar-refractivity contribution in [2.24, 2.45) is 0 Å². The summed E-state index contributed by atoms with van der Waals surface area (Å²) in [5.74, 6) is -1.09. The zero-order valence-electron chi connectivity index (χ0n) is 10.1. The van der Waals surface area contributed by atoms with Crippen LogP contribution in [0.5, 0.6) is 5.88 Å². The van der Waals surface area contributed by atoms with Crippen molar-refractivity contribution in [3.05, 3.63) is 27.4 Å². The maximum Gasteiger partial charge on any atom is 0.310 e. The smallest absolute Gasteiger partial charge is 0.310 e. The molecule has 104 valence electrons. The zero-order chi connectivity index (χ0) is 14.6. The molecule has 0 saturated carbocycles. The number of halogens is 2. The Bertz CT molecular complexity index is 507. The number of pyridine rings is 1. The van der Waals surface area contributed by atoms with Crippen LogP contribution in [0, 0.1) is 10.1 Å². The van der Waals surface area contributed by atoms with Crippen molar-refractivity contribution < 1.29 is 28.0 Å². The number of rotatable bonds is 5. The van der Waals surface area contributed by atoms with Crippen LogP contribution in [0.2, 0.25) is 0 Å². The van der Waals surface area contributed by atoms with Crippen molar-refractivity contribution in [3.8, 4) is 5.88 Å². The Morgan fingerprint density at radius 2 is 2.16 bits per heavy atom. The molecule has 0 saturated heterocycles. The molecule has 9 heteroatoms. The van der Waals surface area contributed by atoms with Gasteiger partial charge in [0.1, 0.15) is 11.1 Å². The third kappa shape index (κ3) is 3.12. The lowest BCUT2D eigenvalue weighted by Crippen LogP contribution is -2.11. The van der Waals surface area contributed by atoms with Crippen LogP contribution in [0.25, 0.3) is 0 Å². The number of hydrogen-bond donors (Lipinski definition) is 0. The van der Waals surface area contributed by atoms with E-state index in [1.807, 2.05) is 0 Å². The molecule has 0 atom stereocenters. The minimum absolute atomic E-state index is 0.262. The van der Waals surface area contributed by atoms with Gasteiger partial charge in [-0.15, -0.1) is 0 Å². The topological polar surface area (TPSA) is 91.6 Å². The molecule has 0 spiro atoms. The Morgan fingerprint density at radius 3 is 2.58 bits per heavy atom. The summed E-state index contributed by atoms with van der Waals surface area (Å²) in [4.78, 5) is 24.6. The second-order valence-corrected chi connectivity index (χ2v) is 3.36. The predicted molar refractivity (Wildman–Crippen MR) is 58.1 cm³/mol. The van der Waals surface area contributed by atoms with Crippen molar-refractivity contribution in [2.75, 3.05) is 14.2 Å². The third-order valence-electron chi connectivity index (χ3n) is 2.30. The Hall–Kier alpha value is -2.32. The second-order valence-electron chi connectivity index (χ2n) is 3.36. The normalized spacial score (nSPS) is 10.4. The first-order valence-electron chi connectivity index (χ1n) is 4.97. The van der Waals surface area contributed by atoms with Gasteiger partial charge in [-0.3, -0.25) is 14.9 Å². The number of aromatic nitrogens is 1. The second kappa shape index (κ2) is 6.03. The molecule has 0 unspecified atom stereocenters. The predicted octanol–water partition coefficient (Wildman–Crippen LogP) is 1.65. The lowest BCUT2D eigenvalue weighted by molar-refractivity contribution is -0.387. The number of nitrogens with zero attached hydrogens (tertiary/aromatic N) is 2. The lowest BCUT2D eigenvalue weighted by Gasteiger charge is -2.10. The van der Waals surface area contributed by atoms with E-state index in [2.05, 4.69) is 9.72 Å². The van der Waals surface area contributed by atoms with Crippen molar-refractivity contribution in [2.45, 2.75) is 12.8 Å². The minimum atomic E-state index is -3.09. The molecular weight excluding hydrogens is 266 g/mol. The van der Waals surface area contributed by atoms with Crippen molar-refractivity contribution >= 4 is 11.7 Å². The number of nitro groups is 1. The number of carbonyl (C=O) groups is 1. The first-order valence-corrected chi connectivity index (χ1v) is 4.97. The quantitative estimate of drug-likeness (QED) is 0.461. The van der Waals surface area contributed by atoms with Crippen molar-refractivity contribution in [3.63, 3.8) is 0 Å². The van der Waals surface area contributed by atoms with Gasteiger partial charge >= 0.3 is 5.97 Å². The van der Waals surface area contributed by atoms with Crippen LogP contribution in [-0.4, -0.2) is 30.1 Å². The highest BCUT2D eigenvalue weighted by atomic mass is 19.3. The summed E-state index contributed by atoms with van der Waals surface area (Å²) in [5.41, 5.74) is -2.09. The Kier molecular flexibility index (Phi) is 4.67. The molecule has 0 aromatic carbocycles. The summed E-state index contributed by atoms with van der Waals surface area (Å²) in [6.07, 6.45) is -3.01. The van der Waals surface area contributed by atoms with E-state index in [1.54, 1.807) is 0 Å². The number of ether oxygens (including phenoxy) is 2. The van der Waals surface area contributed by atoms with E-state index in [1.165, 1.54) is 0 Å². The number of esters is 1. The number of methoxy groups -OCH3 is 2. The molecule has 1 heterocycles. The third-order valence-corrected chi connectivity index (χ3v) is 2.30. The van der Waals surface area contributed by atoms with Crippen molar-refractivity contribution in [1.29, 1.82) is 0 Å². The van der Waals surface area contributed by atoms with Crippen LogP contribution in [0.15, 0.2) is 6.20 Å². The van der Waals surface area contributed by atoms with E-state index in [0.29, 0.717) is 6.20 Å². The standard InChI is InChI=1S/C10H10F2N2O5/c1-18-7(15)3-5-8(14(16)17)6(9(11)12)4-13-10(5)19-2/h4,9H,3H2,1-2H3. The van der Waals surface area contributed by atoms with Gasteiger partial charge in [0.15, 0.2) is 0 Å². The number of alkyl halides is 2. The summed E-state index contributed by atoms with van der Waals surface area (Å²) >= 11 is 0. The summed E-state index contributed by atoms with van der Waals surface area (Å²) in [6.45, 7) is 0. The number of carbonyl (C=O) groups excluding carboxylic acids is 1. The molecule has 0 aliphatic heterocycles. The van der Waals surface area contributed by atoms with E-state index in [-0.39, 0.29) is 11.4 Å². The first kappa shape index (κ1) is 14.7. The highest BCUT2D eigenvalue weighted by Crippen LogP contribution is 2.35. The summed E-state index contributed by atoms with van der Waals surface area (Å²) in [6, 6.07) is 0. The summed E-state index contributed by atoms with van der Waals surface area (Å²) in [7, 11) is 2.24. The van der Waals surface area contributed by atoms with E-state index in [9.17, 15) is 23.7 Å². The fraction of sp³-hybridized carbons (Fsp3) is 0.400. The Labute approximate surface area is 106 Å². The average molecular weight is 276 g/mol. The SMILES string of the molecule is COC(=O)Cc1c(OC)ncc(C(F)F)c1[N+](=O)[O-]. The molecule has 1 rings (SSSR count). The van der Waals surface area contributed by atoms with Crippen molar-refractivity contribution in [1.82, 2.24) is 4.98 Å². The maximum absolute atomic E-state index is 12.7. The minimum Gasteiger partial charge on any atom is -0.481 e. The largest absolute Gasteiger partial charge is 0.481 e. The molecule has 7 nitrogen and oxygen atoms in total. The maximum atomic E-state index is 12.7. The van der Waals surface area contributed by atoms with E-state index in [4.69, 9.17) is 4.74 Å². The molecule has 1 aromatic heterocycles. The van der Waals surface area contributed by atoms with Crippen LogP contribution < -0.4 is 4.74 Å². The van der Waals surface area contributed by atoms with Crippen LogP contribution in [0.3, 0.4) is 0 Å². The van der Waals surface area contributed by atoms with Gasteiger partial charge in [-0.25, -0.2) is 13.8 Å². The molecule has 0 aliphatic carbocycles. The lowest BCUT2D eigenvalue weighted by atomic mass is 10.1. The van der Waals surface area contributed by atoms with Gasteiger partial charge in [-0.2, -0.15) is 0 Å². The van der Waals surface area contributed by atoms with Crippen LogP contribution in [0.1, 0.15) is 17.6 Å². The van der Waals surface area contributed by atoms with Gasteiger partial charge in [0.2, 0.25) is 5.88 Å². The zero-order valence-corrected chi connectivity index (χ0v) is 10.1. The van der Waals surface area contributed by atoms with Crippen LogP contribution in [-0.2, 0) is 16.0 Å². The summed E-state index contributed by atoms with van der Waals surface area (Å²) < 4.78 is 34.5. The molecule has 19 heavy (non-hydrogen) atoms. The molecule has 0 radical (unpaired) electrons.